The van der Waals surface area contributed by atoms with Gasteiger partial charge < -0.3 is 10.0 Å². The molecule has 136 valence electrons. The Bertz CT molecular complexity index is 633. The number of carbonyl (C=O) groups is 2. The van der Waals surface area contributed by atoms with Gasteiger partial charge in [-0.05, 0) is 37.8 Å². The molecule has 0 unspecified atom stereocenters. The van der Waals surface area contributed by atoms with E-state index in [1.807, 2.05) is 4.90 Å². The fourth-order valence-corrected chi connectivity index (χ4v) is 3.83. The van der Waals surface area contributed by atoms with Gasteiger partial charge in [-0.3, -0.25) is 14.5 Å². The van der Waals surface area contributed by atoms with Crippen molar-refractivity contribution in [3.63, 3.8) is 0 Å². The van der Waals surface area contributed by atoms with Crippen molar-refractivity contribution in [2.24, 2.45) is 5.92 Å². The maximum absolute atomic E-state index is 14.0. The molecule has 0 aromatic heterocycles. The van der Waals surface area contributed by atoms with E-state index in [0.717, 1.165) is 38.1 Å². The molecule has 3 rings (SSSR count). The number of carboxylic acids is 1. The van der Waals surface area contributed by atoms with Gasteiger partial charge in [0.1, 0.15) is 17.7 Å². The Hall–Kier alpha value is -2.02. The van der Waals surface area contributed by atoms with Crippen LogP contribution in [-0.2, 0) is 9.59 Å². The van der Waals surface area contributed by atoms with E-state index in [9.17, 15) is 23.5 Å². The van der Waals surface area contributed by atoms with Crippen LogP contribution in [0.1, 0.15) is 37.3 Å². The molecule has 1 aromatic rings. The van der Waals surface area contributed by atoms with Crippen molar-refractivity contribution in [3.05, 3.63) is 35.4 Å². The summed E-state index contributed by atoms with van der Waals surface area (Å²) in [6, 6.07) is 1.98. The highest BCUT2D eigenvalue weighted by molar-refractivity contribution is 5.79. The fraction of sp³-hybridized carbons (Fsp3) is 0.556. The number of hydrogen-bond donors (Lipinski definition) is 1. The number of amides is 1. The number of piperidine rings is 1. The van der Waals surface area contributed by atoms with E-state index in [1.165, 1.54) is 6.07 Å². The van der Waals surface area contributed by atoms with Crippen molar-refractivity contribution < 1.29 is 23.5 Å². The second-order valence-electron chi connectivity index (χ2n) is 6.72. The Morgan fingerprint density at radius 3 is 2.12 bits per heavy atom. The predicted octanol–water partition coefficient (Wildman–Crippen LogP) is 2.42. The summed E-state index contributed by atoms with van der Waals surface area (Å²) in [6.45, 7) is 2.23. The molecule has 2 saturated heterocycles. The Kier molecular flexibility index (Phi) is 5.32. The molecule has 0 aliphatic carbocycles. The zero-order valence-electron chi connectivity index (χ0n) is 14.0. The Balaban J connectivity index is 1.71. The molecule has 2 heterocycles. The highest BCUT2D eigenvalue weighted by Crippen LogP contribution is 2.31. The maximum Gasteiger partial charge on any atom is 0.325 e. The second kappa shape index (κ2) is 7.47. The third-order valence-corrected chi connectivity index (χ3v) is 5.17. The van der Waals surface area contributed by atoms with Crippen LogP contribution in [0.25, 0.3) is 0 Å². The lowest BCUT2D eigenvalue weighted by atomic mass is 9.92. The van der Waals surface area contributed by atoms with Crippen LogP contribution in [0.5, 0.6) is 0 Å². The van der Waals surface area contributed by atoms with E-state index in [4.69, 9.17) is 0 Å². The van der Waals surface area contributed by atoms with Gasteiger partial charge >= 0.3 is 5.97 Å². The molecule has 25 heavy (non-hydrogen) atoms. The van der Waals surface area contributed by atoms with Crippen LogP contribution in [0.15, 0.2) is 18.2 Å². The summed E-state index contributed by atoms with van der Waals surface area (Å²) in [5, 5.41) is 9.53. The number of hydrogen-bond acceptors (Lipinski definition) is 3. The molecule has 0 spiro atoms. The molecule has 7 heteroatoms. The quantitative estimate of drug-likeness (QED) is 0.904. The van der Waals surface area contributed by atoms with Crippen molar-refractivity contribution >= 4 is 11.9 Å². The minimum atomic E-state index is -1.37. The van der Waals surface area contributed by atoms with Gasteiger partial charge in [0.05, 0.1) is 5.56 Å². The van der Waals surface area contributed by atoms with Gasteiger partial charge in [-0.2, -0.15) is 0 Å². The van der Waals surface area contributed by atoms with Gasteiger partial charge in [0.25, 0.3) is 0 Å². The molecule has 5 nitrogen and oxygen atoms in total. The summed E-state index contributed by atoms with van der Waals surface area (Å²) in [4.78, 5) is 27.6. The standard InChI is InChI=1S/C18H22F2N2O3/c19-13-4-3-5-14(20)15(13)16(18(24)25)21-10-6-12(7-11-21)17(23)22-8-1-2-9-22/h3-5,12,16H,1-2,6-11H2,(H,24,25)/t16-/m0/s1. The summed E-state index contributed by atoms with van der Waals surface area (Å²) in [7, 11) is 0. The van der Waals surface area contributed by atoms with Crippen LogP contribution in [0, 0.1) is 17.6 Å². The van der Waals surface area contributed by atoms with E-state index in [1.54, 1.807) is 4.90 Å². The smallest absolute Gasteiger partial charge is 0.325 e. The van der Waals surface area contributed by atoms with E-state index in [2.05, 4.69) is 0 Å². The van der Waals surface area contributed by atoms with E-state index in [0.29, 0.717) is 25.9 Å². The monoisotopic (exact) mass is 352 g/mol. The number of carboxylic acid groups (broad SMARTS) is 1. The highest BCUT2D eigenvalue weighted by Gasteiger charge is 2.37. The Labute approximate surface area is 145 Å². The SMILES string of the molecule is O=C(O)[C@H](c1c(F)cccc1F)N1CCC(C(=O)N2CCCC2)CC1. The van der Waals surface area contributed by atoms with Crippen molar-refractivity contribution in [2.45, 2.75) is 31.7 Å². The summed E-state index contributed by atoms with van der Waals surface area (Å²) in [6.07, 6.45) is 3.07. The van der Waals surface area contributed by atoms with E-state index < -0.39 is 29.2 Å². The Morgan fingerprint density at radius 1 is 1.04 bits per heavy atom. The number of likely N-dealkylation sites (tertiary alicyclic amines) is 2. The third-order valence-electron chi connectivity index (χ3n) is 5.17. The van der Waals surface area contributed by atoms with E-state index in [-0.39, 0.29) is 11.8 Å². The number of carbonyl (C=O) groups excluding carboxylic acids is 1. The lowest BCUT2D eigenvalue weighted by Gasteiger charge is -2.36. The summed E-state index contributed by atoms with van der Waals surface area (Å²) < 4.78 is 28.1. The van der Waals surface area contributed by atoms with Gasteiger partial charge in [-0.15, -0.1) is 0 Å². The molecule has 1 amide bonds. The summed E-state index contributed by atoms with van der Waals surface area (Å²) in [5.41, 5.74) is -0.431. The van der Waals surface area contributed by atoms with Gasteiger partial charge in [0.15, 0.2) is 0 Å². The third kappa shape index (κ3) is 3.66. The normalized spacial score (nSPS) is 20.6. The first kappa shape index (κ1) is 17.8. The van der Waals surface area contributed by atoms with Gasteiger partial charge in [-0.25, -0.2) is 8.78 Å². The molecule has 2 aliphatic rings. The van der Waals surface area contributed by atoms with Crippen LogP contribution < -0.4 is 0 Å². The molecular weight excluding hydrogens is 330 g/mol. The molecule has 1 N–H and O–H groups in total. The summed E-state index contributed by atoms with van der Waals surface area (Å²) in [5.74, 6) is -3.01. The van der Waals surface area contributed by atoms with Crippen LogP contribution >= 0.6 is 0 Å². The molecule has 0 bridgehead atoms. The van der Waals surface area contributed by atoms with Crippen LogP contribution in [0.3, 0.4) is 0 Å². The van der Waals surface area contributed by atoms with Crippen LogP contribution in [-0.4, -0.2) is 53.0 Å². The van der Waals surface area contributed by atoms with Gasteiger partial charge in [-0.1, -0.05) is 6.07 Å². The molecule has 2 aliphatic heterocycles. The lowest BCUT2D eigenvalue weighted by molar-refractivity contribution is -0.145. The van der Waals surface area contributed by atoms with Crippen LogP contribution in [0.4, 0.5) is 8.78 Å². The zero-order chi connectivity index (χ0) is 18.0. The van der Waals surface area contributed by atoms with Crippen LogP contribution in [0.2, 0.25) is 0 Å². The van der Waals surface area contributed by atoms with Crippen molar-refractivity contribution in [3.8, 4) is 0 Å². The molecule has 0 saturated carbocycles. The highest BCUT2D eigenvalue weighted by atomic mass is 19.1. The average Bonchev–Trinajstić information content (AvgIpc) is 3.12. The van der Waals surface area contributed by atoms with Crippen molar-refractivity contribution in [2.75, 3.05) is 26.2 Å². The van der Waals surface area contributed by atoms with E-state index >= 15 is 0 Å². The molecule has 2 fully saturated rings. The zero-order valence-corrected chi connectivity index (χ0v) is 14.0. The predicted molar refractivity (Wildman–Crippen MR) is 86.8 cm³/mol. The average molecular weight is 352 g/mol. The number of rotatable bonds is 4. The van der Waals surface area contributed by atoms with Crippen molar-refractivity contribution in [1.29, 1.82) is 0 Å². The lowest BCUT2D eigenvalue weighted by Crippen LogP contribution is -2.45. The summed E-state index contributed by atoms with van der Waals surface area (Å²) >= 11 is 0. The Morgan fingerprint density at radius 2 is 1.60 bits per heavy atom. The molecule has 0 radical (unpaired) electrons. The van der Waals surface area contributed by atoms with Gasteiger partial charge in [0.2, 0.25) is 5.91 Å². The molecule has 1 aromatic carbocycles. The largest absolute Gasteiger partial charge is 0.480 e. The first-order valence-corrected chi connectivity index (χ1v) is 8.68. The first-order valence-electron chi connectivity index (χ1n) is 8.68. The molecule has 1 atom stereocenters. The number of aliphatic carboxylic acids is 1. The van der Waals surface area contributed by atoms with Crippen molar-refractivity contribution in [1.82, 2.24) is 9.80 Å². The number of halogens is 2. The molecular formula is C18H22F2N2O3. The van der Waals surface area contributed by atoms with Gasteiger partial charge in [0, 0.05) is 32.1 Å². The first-order chi connectivity index (χ1) is 12.0. The maximum atomic E-state index is 14.0. The second-order valence-corrected chi connectivity index (χ2v) is 6.72. The topological polar surface area (TPSA) is 60.9 Å². The fourth-order valence-electron chi connectivity index (χ4n) is 3.83. The number of nitrogens with zero attached hydrogens (tertiary/aromatic N) is 2. The number of benzene rings is 1. The minimum Gasteiger partial charge on any atom is -0.480 e. The minimum absolute atomic E-state index is 0.126.